The van der Waals surface area contributed by atoms with Gasteiger partial charge in [0, 0.05) is 24.7 Å². The average Bonchev–Trinajstić information content (AvgIpc) is 2.55. The van der Waals surface area contributed by atoms with Crippen LogP contribution in [0, 0.1) is 11.3 Å². The predicted octanol–water partition coefficient (Wildman–Crippen LogP) is 2.55. The molecule has 1 N–H and O–H groups in total. The van der Waals surface area contributed by atoms with Crippen LogP contribution in [0.1, 0.15) is 48.5 Å². The van der Waals surface area contributed by atoms with Gasteiger partial charge in [-0.2, -0.15) is 5.26 Å². The molecule has 1 aromatic carbocycles. The lowest BCUT2D eigenvalue weighted by Crippen LogP contribution is -2.46. The number of carbonyl (C=O) groups is 1. The molecule has 1 amide bonds. The van der Waals surface area contributed by atoms with Gasteiger partial charge in [0.25, 0.3) is 5.91 Å². The molecule has 2 rings (SSSR count). The molecular weight excluding hydrogens is 262 g/mol. The van der Waals surface area contributed by atoms with Crippen LogP contribution in [-0.2, 0) is 0 Å². The number of benzene rings is 1. The highest BCUT2D eigenvalue weighted by Gasteiger charge is 2.21. The van der Waals surface area contributed by atoms with Gasteiger partial charge in [-0.05, 0) is 44.0 Å². The summed E-state index contributed by atoms with van der Waals surface area (Å²) in [4.78, 5) is 14.6. The molecule has 0 aliphatic carbocycles. The van der Waals surface area contributed by atoms with Crippen molar-refractivity contribution >= 4 is 5.91 Å². The van der Waals surface area contributed by atoms with Crippen LogP contribution in [0.4, 0.5) is 0 Å². The Morgan fingerprint density at radius 2 is 2.33 bits per heavy atom. The molecule has 0 spiro atoms. The summed E-state index contributed by atoms with van der Waals surface area (Å²) >= 11 is 0. The zero-order chi connectivity index (χ0) is 15.1. The molecule has 1 aliphatic rings. The minimum atomic E-state index is 0.0290. The highest BCUT2D eigenvalue weighted by atomic mass is 16.2. The van der Waals surface area contributed by atoms with Crippen LogP contribution in [0.3, 0.4) is 0 Å². The van der Waals surface area contributed by atoms with Crippen molar-refractivity contribution in [2.45, 2.75) is 38.6 Å². The zero-order valence-electron chi connectivity index (χ0n) is 12.6. The molecule has 112 valence electrons. The summed E-state index contributed by atoms with van der Waals surface area (Å²) in [6.07, 6.45) is 4.53. The Kier molecular flexibility index (Phi) is 5.77. The highest BCUT2D eigenvalue weighted by Crippen LogP contribution is 2.13. The summed E-state index contributed by atoms with van der Waals surface area (Å²) in [5.41, 5.74) is 1.14. The van der Waals surface area contributed by atoms with Crippen molar-refractivity contribution in [3.8, 4) is 6.07 Å². The van der Waals surface area contributed by atoms with Crippen molar-refractivity contribution in [2.24, 2.45) is 0 Å². The molecule has 0 bridgehead atoms. The van der Waals surface area contributed by atoms with Gasteiger partial charge in [0.15, 0.2) is 0 Å². The standard InChI is InChI=1S/C17H23N3O/c1-2-10-20(13-16-8-3-4-9-19-16)17(21)15-7-5-6-14(11-15)12-18/h5-7,11,16,19H,2-4,8-10,13H2,1H3. The first-order valence-electron chi connectivity index (χ1n) is 7.77. The Labute approximate surface area is 126 Å². The SMILES string of the molecule is CCCN(CC1CCCCN1)C(=O)c1cccc(C#N)c1. The Morgan fingerprint density at radius 1 is 1.48 bits per heavy atom. The minimum Gasteiger partial charge on any atom is -0.337 e. The van der Waals surface area contributed by atoms with Gasteiger partial charge in [-0.25, -0.2) is 0 Å². The first kappa shape index (κ1) is 15.5. The minimum absolute atomic E-state index is 0.0290. The molecule has 0 aromatic heterocycles. The molecule has 1 aliphatic heterocycles. The number of amides is 1. The largest absolute Gasteiger partial charge is 0.337 e. The quantitative estimate of drug-likeness (QED) is 0.904. The fraction of sp³-hybridized carbons (Fsp3) is 0.529. The molecule has 21 heavy (non-hydrogen) atoms. The van der Waals surface area contributed by atoms with Crippen molar-refractivity contribution in [1.82, 2.24) is 10.2 Å². The van der Waals surface area contributed by atoms with Crippen LogP contribution in [-0.4, -0.2) is 36.5 Å². The molecule has 1 heterocycles. The van der Waals surface area contributed by atoms with Crippen LogP contribution < -0.4 is 5.32 Å². The van der Waals surface area contributed by atoms with Crippen LogP contribution >= 0.6 is 0 Å². The Balaban J connectivity index is 2.08. The fourth-order valence-corrected chi connectivity index (χ4v) is 2.80. The molecule has 0 saturated carbocycles. The lowest BCUT2D eigenvalue weighted by molar-refractivity contribution is 0.0731. The van der Waals surface area contributed by atoms with Crippen molar-refractivity contribution in [3.05, 3.63) is 35.4 Å². The van der Waals surface area contributed by atoms with Gasteiger partial charge in [-0.15, -0.1) is 0 Å². The van der Waals surface area contributed by atoms with Crippen LogP contribution in [0.2, 0.25) is 0 Å². The van der Waals surface area contributed by atoms with Gasteiger partial charge in [-0.1, -0.05) is 19.4 Å². The maximum absolute atomic E-state index is 12.7. The van der Waals surface area contributed by atoms with Gasteiger partial charge in [-0.3, -0.25) is 4.79 Å². The van der Waals surface area contributed by atoms with E-state index in [-0.39, 0.29) is 5.91 Å². The first-order chi connectivity index (χ1) is 10.2. The third-order valence-electron chi connectivity index (χ3n) is 3.87. The van der Waals surface area contributed by atoms with E-state index >= 15 is 0 Å². The molecular formula is C17H23N3O. The van der Waals surface area contributed by atoms with E-state index in [1.54, 1.807) is 24.3 Å². The van der Waals surface area contributed by atoms with Gasteiger partial charge in [0.2, 0.25) is 0 Å². The van der Waals surface area contributed by atoms with E-state index in [2.05, 4.69) is 18.3 Å². The van der Waals surface area contributed by atoms with Crippen LogP contribution in [0.5, 0.6) is 0 Å². The smallest absolute Gasteiger partial charge is 0.253 e. The molecule has 1 unspecified atom stereocenters. The number of rotatable bonds is 5. The fourth-order valence-electron chi connectivity index (χ4n) is 2.80. The summed E-state index contributed by atoms with van der Waals surface area (Å²) in [6, 6.07) is 9.46. The summed E-state index contributed by atoms with van der Waals surface area (Å²) in [7, 11) is 0. The lowest BCUT2D eigenvalue weighted by atomic mass is 10.0. The van der Waals surface area contributed by atoms with Crippen molar-refractivity contribution in [3.63, 3.8) is 0 Å². The maximum Gasteiger partial charge on any atom is 0.253 e. The Bertz CT molecular complexity index is 515. The van der Waals surface area contributed by atoms with Gasteiger partial charge < -0.3 is 10.2 Å². The number of nitriles is 1. The molecule has 1 aromatic rings. The maximum atomic E-state index is 12.7. The third kappa shape index (κ3) is 4.30. The Morgan fingerprint density at radius 3 is 3.00 bits per heavy atom. The second-order valence-electron chi connectivity index (χ2n) is 5.59. The topological polar surface area (TPSA) is 56.1 Å². The lowest BCUT2D eigenvalue weighted by Gasteiger charge is -2.30. The van der Waals surface area contributed by atoms with Crippen LogP contribution in [0.15, 0.2) is 24.3 Å². The number of nitrogens with zero attached hydrogens (tertiary/aromatic N) is 2. The third-order valence-corrected chi connectivity index (χ3v) is 3.87. The average molecular weight is 285 g/mol. The highest BCUT2D eigenvalue weighted by molar-refractivity contribution is 5.94. The Hall–Kier alpha value is -1.86. The van der Waals surface area contributed by atoms with E-state index in [0.29, 0.717) is 17.2 Å². The first-order valence-corrected chi connectivity index (χ1v) is 7.77. The van der Waals surface area contributed by atoms with Gasteiger partial charge in [0.1, 0.15) is 0 Å². The number of piperidine rings is 1. The summed E-state index contributed by atoms with van der Waals surface area (Å²) in [5, 5.41) is 12.5. The van der Waals surface area contributed by atoms with Crippen LogP contribution in [0.25, 0.3) is 0 Å². The van der Waals surface area contributed by atoms with Gasteiger partial charge >= 0.3 is 0 Å². The van der Waals surface area contributed by atoms with E-state index in [9.17, 15) is 4.79 Å². The van der Waals surface area contributed by atoms with E-state index in [1.807, 2.05) is 4.90 Å². The molecule has 1 atom stereocenters. The molecule has 1 fully saturated rings. The second kappa shape index (κ2) is 7.80. The number of nitrogens with one attached hydrogen (secondary N) is 1. The van der Waals surface area contributed by atoms with Crippen molar-refractivity contribution in [2.75, 3.05) is 19.6 Å². The number of carbonyl (C=O) groups excluding carboxylic acids is 1. The summed E-state index contributed by atoms with van der Waals surface area (Å²) in [6.45, 7) is 4.64. The number of hydrogen-bond acceptors (Lipinski definition) is 3. The summed E-state index contributed by atoms with van der Waals surface area (Å²) < 4.78 is 0. The zero-order valence-corrected chi connectivity index (χ0v) is 12.6. The van der Waals surface area contributed by atoms with E-state index in [4.69, 9.17) is 5.26 Å². The summed E-state index contributed by atoms with van der Waals surface area (Å²) in [5.74, 6) is 0.0290. The molecule has 4 heteroatoms. The van der Waals surface area contributed by atoms with Crippen molar-refractivity contribution in [1.29, 1.82) is 5.26 Å². The van der Waals surface area contributed by atoms with E-state index in [0.717, 1.165) is 32.5 Å². The molecule has 4 nitrogen and oxygen atoms in total. The molecule has 0 radical (unpaired) electrons. The monoisotopic (exact) mass is 285 g/mol. The van der Waals surface area contributed by atoms with E-state index < -0.39 is 0 Å². The van der Waals surface area contributed by atoms with Crippen molar-refractivity contribution < 1.29 is 4.79 Å². The predicted molar refractivity (Wildman–Crippen MR) is 83.0 cm³/mol. The van der Waals surface area contributed by atoms with E-state index in [1.165, 1.54) is 12.8 Å². The second-order valence-corrected chi connectivity index (χ2v) is 5.59. The molecule has 1 saturated heterocycles. The normalized spacial score (nSPS) is 18.0. The van der Waals surface area contributed by atoms with Gasteiger partial charge in [0.05, 0.1) is 11.6 Å². The number of hydrogen-bond donors (Lipinski definition) is 1.